The maximum atomic E-state index is 11.9. The Hall–Kier alpha value is -1.44. The lowest BCUT2D eigenvalue weighted by atomic mass is 9.86. The van der Waals surface area contributed by atoms with Crippen molar-refractivity contribution in [1.29, 1.82) is 0 Å². The van der Waals surface area contributed by atoms with Gasteiger partial charge in [0, 0.05) is 18.4 Å². The van der Waals surface area contributed by atoms with Crippen molar-refractivity contribution in [1.82, 2.24) is 0 Å². The van der Waals surface area contributed by atoms with Crippen LogP contribution in [0.15, 0.2) is 24.3 Å². The Balaban J connectivity index is 2.62. The van der Waals surface area contributed by atoms with Crippen molar-refractivity contribution < 1.29 is 9.59 Å². The summed E-state index contributed by atoms with van der Waals surface area (Å²) in [6.45, 7) is 8.01. The van der Waals surface area contributed by atoms with Crippen LogP contribution in [0.1, 0.15) is 62.9 Å². The molecule has 0 aliphatic carbocycles. The van der Waals surface area contributed by atoms with Gasteiger partial charge in [-0.3, -0.25) is 4.79 Å². The summed E-state index contributed by atoms with van der Waals surface area (Å²) in [7, 11) is 0. The summed E-state index contributed by atoms with van der Waals surface area (Å²) in [5.41, 5.74) is 2.07. The van der Waals surface area contributed by atoms with Crippen molar-refractivity contribution in [2.24, 2.45) is 0 Å². The van der Waals surface area contributed by atoms with E-state index in [0.29, 0.717) is 19.3 Å². The van der Waals surface area contributed by atoms with Crippen LogP contribution in [0.5, 0.6) is 0 Å². The highest BCUT2D eigenvalue weighted by molar-refractivity contribution is 5.96. The predicted octanol–water partition coefficient (Wildman–Crippen LogP) is 3.93. The van der Waals surface area contributed by atoms with Gasteiger partial charge < -0.3 is 4.79 Å². The summed E-state index contributed by atoms with van der Waals surface area (Å²) in [6, 6.07) is 7.80. The second kappa shape index (κ2) is 5.94. The van der Waals surface area contributed by atoms with Gasteiger partial charge >= 0.3 is 0 Å². The monoisotopic (exact) mass is 246 g/mol. The van der Waals surface area contributed by atoms with E-state index in [2.05, 4.69) is 20.8 Å². The Morgan fingerprint density at radius 1 is 1.00 bits per heavy atom. The highest BCUT2D eigenvalue weighted by Gasteiger charge is 2.14. The van der Waals surface area contributed by atoms with E-state index in [9.17, 15) is 9.59 Å². The minimum Gasteiger partial charge on any atom is -0.300 e. The Morgan fingerprint density at radius 3 is 2.00 bits per heavy atom. The van der Waals surface area contributed by atoms with Gasteiger partial charge in [0.2, 0.25) is 0 Å². The van der Waals surface area contributed by atoms with E-state index >= 15 is 0 Å². The van der Waals surface area contributed by atoms with Gasteiger partial charge in [-0.15, -0.1) is 0 Å². The second-order valence-electron chi connectivity index (χ2n) is 5.81. The Kier molecular flexibility index (Phi) is 4.83. The highest BCUT2D eigenvalue weighted by Crippen LogP contribution is 2.22. The van der Waals surface area contributed by atoms with E-state index < -0.39 is 0 Å². The molecule has 2 heteroatoms. The minimum atomic E-state index is 0.107. The number of hydrogen-bond acceptors (Lipinski definition) is 2. The van der Waals surface area contributed by atoms with E-state index in [1.165, 1.54) is 5.56 Å². The lowest BCUT2D eigenvalue weighted by Gasteiger charge is -2.18. The molecule has 0 heterocycles. The molecule has 0 saturated heterocycles. The summed E-state index contributed by atoms with van der Waals surface area (Å²) in [5, 5.41) is 0. The van der Waals surface area contributed by atoms with Gasteiger partial charge in [-0.2, -0.15) is 0 Å². The number of carbonyl (C=O) groups is 2. The molecule has 0 atom stereocenters. The third-order valence-corrected chi connectivity index (χ3v) is 3.01. The van der Waals surface area contributed by atoms with Crippen molar-refractivity contribution in [3.8, 4) is 0 Å². The van der Waals surface area contributed by atoms with Gasteiger partial charge in [0.1, 0.15) is 5.78 Å². The Bertz CT molecular complexity index is 421. The maximum absolute atomic E-state index is 11.9. The molecular formula is C16H22O2. The standard InChI is InChI=1S/C16H22O2/c1-12(17)6-5-7-15(18)13-8-10-14(11-9-13)16(2,3)4/h8-11H,5-7H2,1-4H3. The van der Waals surface area contributed by atoms with Gasteiger partial charge in [-0.25, -0.2) is 0 Å². The maximum Gasteiger partial charge on any atom is 0.162 e. The van der Waals surface area contributed by atoms with Crippen LogP contribution < -0.4 is 0 Å². The van der Waals surface area contributed by atoms with Crippen LogP contribution >= 0.6 is 0 Å². The molecule has 0 unspecified atom stereocenters. The summed E-state index contributed by atoms with van der Waals surface area (Å²) < 4.78 is 0. The predicted molar refractivity (Wildman–Crippen MR) is 74.0 cm³/mol. The molecule has 0 N–H and O–H groups in total. The molecular weight excluding hydrogens is 224 g/mol. The molecule has 2 nitrogen and oxygen atoms in total. The fourth-order valence-electron chi connectivity index (χ4n) is 1.80. The van der Waals surface area contributed by atoms with Gasteiger partial charge in [0.05, 0.1) is 0 Å². The van der Waals surface area contributed by atoms with E-state index in [-0.39, 0.29) is 17.0 Å². The molecule has 0 aliphatic rings. The lowest BCUT2D eigenvalue weighted by molar-refractivity contribution is -0.117. The molecule has 1 rings (SSSR count). The largest absolute Gasteiger partial charge is 0.300 e. The average molecular weight is 246 g/mol. The van der Waals surface area contributed by atoms with Gasteiger partial charge in [0.15, 0.2) is 5.78 Å². The van der Waals surface area contributed by atoms with Crippen LogP contribution in [0.2, 0.25) is 0 Å². The number of carbonyl (C=O) groups excluding carboxylic acids is 2. The first kappa shape index (κ1) is 14.6. The quantitative estimate of drug-likeness (QED) is 0.738. The average Bonchev–Trinajstić information content (AvgIpc) is 2.27. The number of rotatable bonds is 5. The fraction of sp³-hybridized carbons (Fsp3) is 0.500. The van der Waals surface area contributed by atoms with Crippen LogP contribution in [-0.4, -0.2) is 11.6 Å². The van der Waals surface area contributed by atoms with E-state index in [1.54, 1.807) is 6.92 Å². The topological polar surface area (TPSA) is 34.1 Å². The molecule has 0 aromatic heterocycles. The molecule has 0 radical (unpaired) electrons. The molecule has 1 aromatic rings. The van der Waals surface area contributed by atoms with Crippen molar-refractivity contribution in [2.75, 3.05) is 0 Å². The summed E-state index contributed by atoms with van der Waals surface area (Å²) >= 11 is 0. The molecule has 0 spiro atoms. The third-order valence-electron chi connectivity index (χ3n) is 3.01. The summed E-state index contributed by atoms with van der Waals surface area (Å²) in [4.78, 5) is 22.7. The molecule has 0 aliphatic heterocycles. The second-order valence-corrected chi connectivity index (χ2v) is 5.81. The molecule has 0 bridgehead atoms. The van der Waals surface area contributed by atoms with Gasteiger partial charge in [0.25, 0.3) is 0 Å². The Labute approximate surface area is 109 Å². The fourth-order valence-corrected chi connectivity index (χ4v) is 1.80. The van der Waals surface area contributed by atoms with Crippen LogP contribution in [0, 0.1) is 0 Å². The number of Topliss-reactive ketones (excluding diaryl/α,β-unsaturated/α-hetero) is 2. The summed E-state index contributed by atoms with van der Waals surface area (Å²) in [5.74, 6) is 0.266. The first-order valence-corrected chi connectivity index (χ1v) is 6.44. The summed E-state index contributed by atoms with van der Waals surface area (Å²) in [6.07, 6.45) is 1.59. The van der Waals surface area contributed by atoms with Gasteiger partial charge in [-0.05, 0) is 24.3 Å². The van der Waals surface area contributed by atoms with Crippen LogP contribution in [0.3, 0.4) is 0 Å². The van der Waals surface area contributed by atoms with E-state index in [1.807, 2.05) is 24.3 Å². The van der Waals surface area contributed by atoms with Crippen molar-refractivity contribution in [2.45, 2.75) is 52.4 Å². The lowest BCUT2D eigenvalue weighted by Crippen LogP contribution is -2.11. The zero-order valence-electron chi connectivity index (χ0n) is 11.7. The molecule has 18 heavy (non-hydrogen) atoms. The molecule has 98 valence electrons. The zero-order valence-corrected chi connectivity index (χ0v) is 11.7. The molecule has 1 aromatic carbocycles. The molecule has 0 fully saturated rings. The smallest absolute Gasteiger partial charge is 0.162 e. The van der Waals surface area contributed by atoms with Crippen molar-refractivity contribution in [3.63, 3.8) is 0 Å². The number of benzene rings is 1. The molecule has 0 saturated carbocycles. The molecule has 0 amide bonds. The zero-order chi connectivity index (χ0) is 13.8. The van der Waals surface area contributed by atoms with Crippen LogP contribution in [0.25, 0.3) is 0 Å². The van der Waals surface area contributed by atoms with Crippen LogP contribution in [-0.2, 0) is 10.2 Å². The third kappa shape index (κ3) is 4.44. The SMILES string of the molecule is CC(=O)CCCC(=O)c1ccc(C(C)(C)C)cc1. The number of ketones is 2. The highest BCUT2D eigenvalue weighted by atomic mass is 16.1. The van der Waals surface area contributed by atoms with E-state index in [0.717, 1.165) is 5.56 Å². The Morgan fingerprint density at radius 2 is 1.56 bits per heavy atom. The normalized spacial score (nSPS) is 11.3. The first-order valence-electron chi connectivity index (χ1n) is 6.44. The van der Waals surface area contributed by atoms with Crippen molar-refractivity contribution in [3.05, 3.63) is 35.4 Å². The first-order chi connectivity index (χ1) is 8.30. The minimum absolute atomic E-state index is 0.107. The number of hydrogen-bond donors (Lipinski definition) is 0. The van der Waals surface area contributed by atoms with Crippen LogP contribution in [0.4, 0.5) is 0 Å². The van der Waals surface area contributed by atoms with Gasteiger partial charge in [-0.1, -0.05) is 45.0 Å². The van der Waals surface area contributed by atoms with E-state index in [4.69, 9.17) is 0 Å². The van der Waals surface area contributed by atoms with Crippen molar-refractivity contribution >= 4 is 11.6 Å².